The molecule has 1 atom stereocenters. The van der Waals surface area contributed by atoms with Crippen LogP contribution < -0.4 is 4.90 Å². The van der Waals surface area contributed by atoms with E-state index in [1.165, 1.54) is 11.3 Å². The number of pyridine rings is 1. The summed E-state index contributed by atoms with van der Waals surface area (Å²) in [6.45, 7) is 5.64. The van der Waals surface area contributed by atoms with Crippen LogP contribution in [0.1, 0.15) is 21.8 Å². The maximum Gasteiger partial charge on any atom is 0.282 e. The number of carbonyl (C=O) groups is 2. The number of piperazine rings is 1. The summed E-state index contributed by atoms with van der Waals surface area (Å²) in [5.41, 5.74) is 4.34. The van der Waals surface area contributed by atoms with E-state index in [1.807, 2.05) is 39.6 Å². The summed E-state index contributed by atoms with van der Waals surface area (Å²) in [6.07, 6.45) is 5.85. The van der Waals surface area contributed by atoms with Crippen molar-refractivity contribution in [2.24, 2.45) is 0 Å². The van der Waals surface area contributed by atoms with Gasteiger partial charge < -0.3 is 9.80 Å². The van der Waals surface area contributed by atoms with Gasteiger partial charge in [0.05, 0.1) is 0 Å². The molecule has 1 aromatic carbocycles. The highest BCUT2D eigenvalue weighted by molar-refractivity contribution is 7.11. The minimum atomic E-state index is 0.00768. The molecule has 0 radical (unpaired) electrons. The van der Waals surface area contributed by atoms with Crippen LogP contribution in [0.3, 0.4) is 0 Å². The summed E-state index contributed by atoms with van der Waals surface area (Å²) in [5, 5.41) is 2.37. The fourth-order valence-corrected chi connectivity index (χ4v) is 5.16. The monoisotopic (exact) mass is 447 g/mol. The van der Waals surface area contributed by atoms with E-state index < -0.39 is 0 Å². The molecular formula is C24H25N5O2S. The average Bonchev–Trinajstić information content (AvgIpc) is 3.50. The molecule has 4 heterocycles. The van der Waals surface area contributed by atoms with E-state index in [0.717, 1.165) is 35.5 Å². The second kappa shape index (κ2) is 8.80. The molecule has 2 aliphatic rings. The minimum Gasteiger partial charge on any atom is -0.334 e. The number of aryl methyl sites for hydroxylation is 1. The van der Waals surface area contributed by atoms with Crippen molar-refractivity contribution in [3.63, 3.8) is 0 Å². The van der Waals surface area contributed by atoms with Crippen molar-refractivity contribution < 1.29 is 9.59 Å². The zero-order valence-electron chi connectivity index (χ0n) is 18.0. The van der Waals surface area contributed by atoms with E-state index in [0.29, 0.717) is 31.1 Å². The number of amides is 2. The van der Waals surface area contributed by atoms with Crippen LogP contribution in [0.2, 0.25) is 0 Å². The first-order chi connectivity index (χ1) is 15.6. The van der Waals surface area contributed by atoms with Crippen molar-refractivity contribution in [2.75, 3.05) is 37.6 Å². The van der Waals surface area contributed by atoms with Crippen LogP contribution in [0, 0.1) is 6.92 Å². The smallest absolute Gasteiger partial charge is 0.282 e. The van der Waals surface area contributed by atoms with Crippen LogP contribution in [0.5, 0.6) is 0 Å². The topological polar surface area (TPSA) is 69.6 Å². The van der Waals surface area contributed by atoms with Gasteiger partial charge in [0.1, 0.15) is 0 Å². The third kappa shape index (κ3) is 4.03. The lowest BCUT2D eigenvalue weighted by Gasteiger charge is -2.37. The molecule has 2 saturated heterocycles. The van der Waals surface area contributed by atoms with Crippen molar-refractivity contribution in [1.29, 1.82) is 0 Å². The molecule has 0 saturated carbocycles. The van der Waals surface area contributed by atoms with Gasteiger partial charge in [0.2, 0.25) is 5.91 Å². The molecule has 0 spiro atoms. The van der Waals surface area contributed by atoms with E-state index in [2.05, 4.69) is 33.9 Å². The van der Waals surface area contributed by atoms with Gasteiger partial charge >= 0.3 is 0 Å². The van der Waals surface area contributed by atoms with Crippen LogP contribution in [0.25, 0.3) is 11.1 Å². The first kappa shape index (κ1) is 20.8. The second-order valence-electron chi connectivity index (χ2n) is 8.27. The van der Waals surface area contributed by atoms with Gasteiger partial charge in [-0.15, -0.1) is 11.3 Å². The number of thiazole rings is 1. The SMILES string of the molecule is Cc1cnccc1-c1ccc(N2CC(N3CCN(C(=O)c4nccs4)CC3)CC2=O)cc1. The zero-order chi connectivity index (χ0) is 22.1. The molecule has 7 nitrogen and oxygen atoms in total. The second-order valence-corrected chi connectivity index (χ2v) is 9.16. The molecule has 2 aromatic heterocycles. The van der Waals surface area contributed by atoms with Gasteiger partial charge in [0.25, 0.3) is 5.91 Å². The first-order valence-electron chi connectivity index (χ1n) is 10.8. The molecule has 2 aliphatic heterocycles. The Balaban J connectivity index is 1.21. The maximum absolute atomic E-state index is 12.8. The highest BCUT2D eigenvalue weighted by atomic mass is 32.1. The number of carbonyl (C=O) groups excluding carboxylic acids is 2. The molecular weight excluding hydrogens is 422 g/mol. The molecule has 0 aliphatic carbocycles. The quantitative estimate of drug-likeness (QED) is 0.615. The van der Waals surface area contributed by atoms with Gasteiger partial charge in [-0.1, -0.05) is 12.1 Å². The third-order valence-electron chi connectivity index (χ3n) is 6.35. The molecule has 164 valence electrons. The molecule has 2 amide bonds. The fourth-order valence-electron chi connectivity index (χ4n) is 4.56. The molecule has 32 heavy (non-hydrogen) atoms. The lowest BCUT2D eigenvalue weighted by molar-refractivity contribution is -0.117. The van der Waals surface area contributed by atoms with Gasteiger partial charge in [0, 0.05) is 74.8 Å². The van der Waals surface area contributed by atoms with E-state index >= 15 is 0 Å². The number of hydrogen-bond donors (Lipinski definition) is 0. The van der Waals surface area contributed by atoms with Gasteiger partial charge in [0.15, 0.2) is 5.01 Å². The Morgan fingerprint density at radius 2 is 1.84 bits per heavy atom. The maximum atomic E-state index is 12.8. The highest BCUT2D eigenvalue weighted by Gasteiger charge is 2.36. The molecule has 5 rings (SSSR count). The average molecular weight is 448 g/mol. The van der Waals surface area contributed by atoms with E-state index in [9.17, 15) is 9.59 Å². The Morgan fingerprint density at radius 1 is 1.06 bits per heavy atom. The predicted molar refractivity (Wildman–Crippen MR) is 125 cm³/mol. The molecule has 1 unspecified atom stereocenters. The van der Waals surface area contributed by atoms with Gasteiger partial charge in [-0.2, -0.15) is 0 Å². The summed E-state index contributed by atoms with van der Waals surface area (Å²) >= 11 is 1.38. The number of nitrogens with zero attached hydrogens (tertiary/aromatic N) is 5. The standard InChI is InChI=1S/C24H25N5O2S/c1-17-15-25-7-6-21(17)18-2-4-19(5-3-18)29-16-20(14-22(29)30)27-9-11-28(12-10-27)24(31)23-26-8-13-32-23/h2-8,13,15,20H,9-12,14,16H2,1H3. The Hall–Kier alpha value is -3.10. The summed E-state index contributed by atoms with van der Waals surface area (Å²) in [4.78, 5) is 39.7. The number of anilines is 1. The summed E-state index contributed by atoms with van der Waals surface area (Å²) in [7, 11) is 0. The molecule has 0 N–H and O–H groups in total. The van der Waals surface area contributed by atoms with Gasteiger partial charge in [-0.25, -0.2) is 4.98 Å². The van der Waals surface area contributed by atoms with Crippen LogP contribution >= 0.6 is 11.3 Å². The minimum absolute atomic E-state index is 0.00768. The Morgan fingerprint density at radius 3 is 2.53 bits per heavy atom. The van der Waals surface area contributed by atoms with Gasteiger partial charge in [-0.3, -0.25) is 19.5 Å². The van der Waals surface area contributed by atoms with E-state index in [-0.39, 0.29) is 17.9 Å². The summed E-state index contributed by atoms with van der Waals surface area (Å²) < 4.78 is 0. The number of rotatable bonds is 4. The largest absolute Gasteiger partial charge is 0.334 e. The molecule has 3 aromatic rings. The van der Waals surface area contributed by atoms with Crippen LogP contribution in [-0.2, 0) is 4.79 Å². The van der Waals surface area contributed by atoms with Crippen molar-refractivity contribution in [3.05, 3.63) is 64.9 Å². The highest BCUT2D eigenvalue weighted by Crippen LogP contribution is 2.29. The lowest BCUT2D eigenvalue weighted by Crippen LogP contribution is -2.52. The summed E-state index contributed by atoms with van der Waals surface area (Å²) in [5.74, 6) is 0.164. The van der Waals surface area contributed by atoms with Crippen LogP contribution in [0.15, 0.2) is 54.3 Å². The third-order valence-corrected chi connectivity index (χ3v) is 7.11. The Bertz CT molecular complexity index is 1110. The predicted octanol–water partition coefficient (Wildman–Crippen LogP) is 3.08. The Kier molecular flexibility index (Phi) is 5.71. The normalized spacial score (nSPS) is 19.5. The lowest BCUT2D eigenvalue weighted by atomic mass is 10.0. The fraction of sp³-hybridized carbons (Fsp3) is 0.333. The van der Waals surface area contributed by atoms with Crippen LogP contribution in [0.4, 0.5) is 5.69 Å². The molecule has 2 fully saturated rings. The van der Waals surface area contributed by atoms with Crippen molar-refractivity contribution >= 4 is 28.8 Å². The zero-order valence-corrected chi connectivity index (χ0v) is 18.8. The van der Waals surface area contributed by atoms with E-state index in [1.54, 1.807) is 12.4 Å². The van der Waals surface area contributed by atoms with Crippen molar-refractivity contribution in [1.82, 2.24) is 19.8 Å². The van der Waals surface area contributed by atoms with Crippen molar-refractivity contribution in [3.8, 4) is 11.1 Å². The number of benzene rings is 1. The molecule has 8 heteroatoms. The van der Waals surface area contributed by atoms with Crippen molar-refractivity contribution in [2.45, 2.75) is 19.4 Å². The van der Waals surface area contributed by atoms with Gasteiger partial charge in [-0.05, 0) is 41.8 Å². The van der Waals surface area contributed by atoms with E-state index in [4.69, 9.17) is 0 Å². The molecule has 0 bridgehead atoms. The summed E-state index contributed by atoms with van der Waals surface area (Å²) in [6, 6.07) is 10.4. The van der Waals surface area contributed by atoms with Crippen LogP contribution in [-0.4, -0.2) is 70.3 Å². The number of hydrogen-bond acceptors (Lipinski definition) is 6. The Labute approximate surface area is 191 Å². The first-order valence-corrected chi connectivity index (χ1v) is 11.7. The number of aromatic nitrogens is 2.